The van der Waals surface area contributed by atoms with E-state index in [0.717, 1.165) is 25.7 Å². The van der Waals surface area contributed by atoms with E-state index in [1.165, 1.54) is 0 Å². The van der Waals surface area contributed by atoms with Gasteiger partial charge < -0.3 is 61.6 Å². The molecule has 0 bridgehead atoms. The van der Waals surface area contributed by atoms with Crippen LogP contribution in [0.2, 0.25) is 0 Å². The van der Waals surface area contributed by atoms with E-state index in [1.54, 1.807) is 0 Å². The van der Waals surface area contributed by atoms with Crippen LogP contribution in [0.25, 0.3) is 0 Å². The molecular weight excluding hydrogens is 632 g/mol. The molecule has 0 saturated carbocycles. The van der Waals surface area contributed by atoms with Gasteiger partial charge in [-0.2, -0.15) is 0 Å². The molecule has 0 aromatic heterocycles. The molecule has 14 nitrogen and oxygen atoms in total. The van der Waals surface area contributed by atoms with Crippen LogP contribution < -0.4 is 0 Å². The van der Waals surface area contributed by atoms with Gasteiger partial charge in [-0.05, 0) is 6.42 Å². The lowest BCUT2D eigenvalue weighted by molar-refractivity contribution is -0.145. The van der Waals surface area contributed by atoms with Crippen LogP contribution in [0, 0.1) is 12.3 Å². The molecule has 0 unspecified atom stereocenters. The Kier molecular flexibility index (Phi) is 42.3. The predicted molar refractivity (Wildman–Crippen MR) is 178 cm³/mol. The molecule has 0 aromatic rings. The second-order valence-corrected chi connectivity index (χ2v) is 10.0. The second kappa shape index (κ2) is 43.6. The van der Waals surface area contributed by atoms with Crippen molar-refractivity contribution in [1.29, 1.82) is 0 Å². The molecule has 0 amide bonds. The van der Waals surface area contributed by atoms with Crippen molar-refractivity contribution in [1.82, 2.24) is 0 Å². The minimum absolute atomic E-state index is 0.154. The zero-order valence-corrected chi connectivity index (χ0v) is 29.5. The van der Waals surface area contributed by atoms with Gasteiger partial charge in [-0.25, -0.2) is 0 Å². The summed E-state index contributed by atoms with van der Waals surface area (Å²) < 4.78 is 70.1. The first-order valence-corrected chi connectivity index (χ1v) is 17.3. The van der Waals surface area contributed by atoms with Crippen LogP contribution in [0.3, 0.4) is 0 Å². The quantitative estimate of drug-likeness (QED) is 0.0525. The minimum Gasteiger partial charge on any atom is -0.463 e. The van der Waals surface area contributed by atoms with Crippen LogP contribution in [0.15, 0.2) is 0 Å². The Morgan fingerprint density at radius 1 is 0.396 bits per heavy atom. The molecular formula is C34H64O14. The van der Waals surface area contributed by atoms with Crippen molar-refractivity contribution in [2.45, 2.75) is 39.0 Å². The SMILES string of the molecule is C#CCOCCOCCOCCOCCOCCOCCOCCOCCOCCOCCOCCOCCOC(=O)CCCCCC. The Hall–Kier alpha value is -1.45. The van der Waals surface area contributed by atoms with Crippen molar-refractivity contribution in [3.05, 3.63) is 0 Å². The van der Waals surface area contributed by atoms with Gasteiger partial charge in [-0.3, -0.25) is 4.79 Å². The number of carbonyl (C=O) groups excluding carboxylic acids is 1. The van der Waals surface area contributed by atoms with Crippen molar-refractivity contribution in [3.63, 3.8) is 0 Å². The van der Waals surface area contributed by atoms with Gasteiger partial charge >= 0.3 is 5.97 Å². The zero-order chi connectivity index (χ0) is 34.7. The van der Waals surface area contributed by atoms with Gasteiger partial charge in [0, 0.05) is 6.42 Å². The first-order valence-electron chi connectivity index (χ1n) is 17.3. The molecule has 0 saturated heterocycles. The Balaban J connectivity index is 3.08. The number of rotatable bonds is 42. The summed E-state index contributed by atoms with van der Waals surface area (Å²) in [6, 6.07) is 0. The molecule has 0 radical (unpaired) electrons. The van der Waals surface area contributed by atoms with Crippen molar-refractivity contribution < 1.29 is 66.4 Å². The fraction of sp³-hybridized carbons (Fsp3) is 0.912. The number of carbonyl (C=O) groups is 1. The molecule has 284 valence electrons. The molecule has 0 fully saturated rings. The van der Waals surface area contributed by atoms with E-state index in [4.69, 9.17) is 68.0 Å². The van der Waals surface area contributed by atoms with E-state index in [2.05, 4.69) is 12.8 Å². The van der Waals surface area contributed by atoms with Crippen LogP contribution in [0.1, 0.15) is 39.0 Å². The van der Waals surface area contributed by atoms with E-state index < -0.39 is 0 Å². The minimum atomic E-state index is -0.154. The summed E-state index contributed by atoms with van der Waals surface area (Å²) >= 11 is 0. The molecule has 0 aromatic carbocycles. The third-order valence-electron chi connectivity index (χ3n) is 6.00. The highest BCUT2D eigenvalue weighted by atomic mass is 16.6. The largest absolute Gasteiger partial charge is 0.463 e. The number of unbranched alkanes of at least 4 members (excludes halogenated alkanes) is 3. The molecule has 0 aliphatic carbocycles. The van der Waals surface area contributed by atoms with Crippen LogP contribution in [-0.4, -0.2) is 171 Å². The second-order valence-electron chi connectivity index (χ2n) is 10.0. The van der Waals surface area contributed by atoms with Crippen LogP contribution >= 0.6 is 0 Å². The molecule has 0 aliphatic heterocycles. The van der Waals surface area contributed by atoms with Gasteiger partial charge in [0.1, 0.15) is 13.2 Å². The fourth-order valence-corrected chi connectivity index (χ4v) is 3.53. The Bertz CT molecular complexity index is 664. The van der Waals surface area contributed by atoms with E-state index in [-0.39, 0.29) is 12.6 Å². The third-order valence-corrected chi connectivity index (χ3v) is 6.00. The first kappa shape index (κ1) is 46.5. The molecule has 0 atom stereocenters. The average molecular weight is 697 g/mol. The van der Waals surface area contributed by atoms with Crippen molar-refractivity contribution in [2.75, 3.05) is 165 Å². The lowest BCUT2D eigenvalue weighted by Gasteiger charge is -2.09. The molecule has 48 heavy (non-hydrogen) atoms. The van der Waals surface area contributed by atoms with E-state index in [0.29, 0.717) is 165 Å². The monoisotopic (exact) mass is 696 g/mol. The maximum absolute atomic E-state index is 11.5. The van der Waals surface area contributed by atoms with Gasteiger partial charge in [0.05, 0.1) is 152 Å². The Morgan fingerprint density at radius 3 is 0.938 bits per heavy atom. The van der Waals surface area contributed by atoms with Crippen molar-refractivity contribution >= 4 is 5.97 Å². The summed E-state index contributed by atoms with van der Waals surface area (Å²) in [6.07, 6.45) is 9.83. The standard InChI is InChI=1S/C34H64O14/c1-3-5-6-7-8-34(35)48-33-32-47-31-30-46-29-28-45-27-26-44-25-24-43-23-22-42-21-20-41-19-18-40-17-16-39-15-14-38-13-12-37-11-10-36-9-4-2/h2H,3,5-33H2,1H3. The highest BCUT2D eigenvalue weighted by Gasteiger charge is 2.02. The van der Waals surface area contributed by atoms with E-state index in [9.17, 15) is 4.79 Å². The molecule has 0 N–H and O–H groups in total. The summed E-state index contributed by atoms with van der Waals surface area (Å²) in [6.45, 7) is 14.0. The Labute approximate surface area is 288 Å². The topological polar surface area (TPSA) is 137 Å². The van der Waals surface area contributed by atoms with Gasteiger partial charge in [0.2, 0.25) is 0 Å². The number of terminal acetylenes is 1. The highest BCUT2D eigenvalue weighted by Crippen LogP contribution is 2.03. The maximum atomic E-state index is 11.5. The number of ether oxygens (including phenoxy) is 13. The maximum Gasteiger partial charge on any atom is 0.305 e. The number of hydrogen-bond acceptors (Lipinski definition) is 14. The van der Waals surface area contributed by atoms with Gasteiger partial charge in [-0.1, -0.05) is 32.1 Å². The summed E-state index contributed by atoms with van der Waals surface area (Å²) in [4.78, 5) is 11.5. The van der Waals surface area contributed by atoms with Crippen LogP contribution in [0.5, 0.6) is 0 Å². The lowest BCUT2D eigenvalue weighted by atomic mass is 10.2. The Morgan fingerprint density at radius 2 is 0.667 bits per heavy atom. The fourth-order valence-electron chi connectivity index (χ4n) is 3.53. The molecule has 0 rings (SSSR count). The van der Waals surface area contributed by atoms with Gasteiger partial charge in [0.25, 0.3) is 0 Å². The normalized spacial score (nSPS) is 11.2. The molecule has 0 spiro atoms. The molecule has 0 aliphatic rings. The predicted octanol–water partition coefficient (Wildman–Crippen LogP) is 2.33. The number of esters is 1. The van der Waals surface area contributed by atoms with E-state index in [1.807, 2.05) is 0 Å². The third kappa shape index (κ3) is 42.6. The number of hydrogen-bond donors (Lipinski definition) is 0. The highest BCUT2D eigenvalue weighted by molar-refractivity contribution is 5.69. The smallest absolute Gasteiger partial charge is 0.305 e. The summed E-state index contributed by atoms with van der Waals surface area (Å²) in [5.41, 5.74) is 0. The average Bonchev–Trinajstić information content (AvgIpc) is 3.09. The van der Waals surface area contributed by atoms with Crippen LogP contribution in [-0.2, 0) is 66.4 Å². The summed E-state index contributed by atoms with van der Waals surface area (Å²) in [5.74, 6) is 2.24. The van der Waals surface area contributed by atoms with Crippen molar-refractivity contribution in [2.24, 2.45) is 0 Å². The van der Waals surface area contributed by atoms with E-state index >= 15 is 0 Å². The first-order chi connectivity index (χ1) is 23.8. The lowest BCUT2D eigenvalue weighted by Crippen LogP contribution is -2.15. The van der Waals surface area contributed by atoms with Gasteiger partial charge in [0.15, 0.2) is 0 Å². The van der Waals surface area contributed by atoms with Crippen molar-refractivity contribution in [3.8, 4) is 12.3 Å². The molecule has 14 heteroatoms. The molecule has 0 heterocycles. The summed E-state index contributed by atoms with van der Waals surface area (Å²) in [7, 11) is 0. The zero-order valence-electron chi connectivity index (χ0n) is 29.5. The van der Waals surface area contributed by atoms with Crippen LogP contribution in [0.4, 0.5) is 0 Å². The van der Waals surface area contributed by atoms with Gasteiger partial charge in [-0.15, -0.1) is 6.42 Å². The summed E-state index contributed by atoms with van der Waals surface area (Å²) in [5, 5.41) is 0.